The molecule has 5 rings (SSSR count). The summed E-state index contributed by atoms with van der Waals surface area (Å²) in [6.45, 7) is 0.254. The average molecular weight is 538 g/mol. The van der Waals surface area contributed by atoms with Crippen molar-refractivity contribution in [3.05, 3.63) is 12.7 Å². The van der Waals surface area contributed by atoms with Gasteiger partial charge in [0.15, 0.2) is 11.5 Å². The molecule has 3 aliphatic rings. The molecule has 1 aliphatic carbocycles. The Kier molecular flexibility index (Phi) is 7.21. The molecule has 36 heavy (non-hydrogen) atoms. The lowest BCUT2D eigenvalue weighted by molar-refractivity contribution is -0.119. The Morgan fingerprint density at radius 1 is 1.22 bits per heavy atom. The predicted molar refractivity (Wildman–Crippen MR) is 135 cm³/mol. The predicted octanol–water partition coefficient (Wildman–Crippen LogP) is 0.426. The van der Waals surface area contributed by atoms with Crippen molar-refractivity contribution in [2.24, 2.45) is 5.92 Å². The van der Waals surface area contributed by atoms with Crippen LogP contribution in [0.5, 0.6) is 0 Å². The van der Waals surface area contributed by atoms with Crippen LogP contribution in [0.3, 0.4) is 0 Å². The van der Waals surface area contributed by atoms with Crippen molar-refractivity contribution in [2.45, 2.75) is 68.3 Å². The zero-order valence-electron chi connectivity index (χ0n) is 19.7. The third-order valence-electron chi connectivity index (χ3n) is 7.18. The third kappa shape index (κ3) is 5.52. The number of nitrogens with two attached hydrogens (primary N) is 1. The maximum Gasteiger partial charge on any atom is 0.315 e. The number of unbranched alkanes of at least 4 members (excludes halogenated alkanes) is 1. The van der Waals surface area contributed by atoms with Crippen LogP contribution in [-0.4, -0.2) is 69.5 Å². The summed E-state index contributed by atoms with van der Waals surface area (Å²) >= 11 is 1.82. The summed E-state index contributed by atoms with van der Waals surface area (Å²) in [4.78, 5) is 36.2. The first-order valence-corrected chi connectivity index (χ1v) is 14.7. The highest BCUT2D eigenvalue weighted by Crippen LogP contribution is 2.36. The van der Waals surface area contributed by atoms with Gasteiger partial charge in [-0.15, -0.1) is 0 Å². The van der Waals surface area contributed by atoms with Crippen molar-refractivity contribution in [1.29, 1.82) is 0 Å². The van der Waals surface area contributed by atoms with E-state index < -0.39 is 16.1 Å². The number of anilines is 1. The first kappa shape index (κ1) is 25.0. The molecule has 2 aromatic heterocycles. The smallest absolute Gasteiger partial charge is 0.315 e. The largest absolute Gasteiger partial charge is 0.382 e. The van der Waals surface area contributed by atoms with Gasteiger partial charge < -0.3 is 20.9 Å². The van der Waals surface area contributed by atoms with Crippen LogP contribution in [0.4, 0.5) is 10.6 Å². The van der Waals surface area contributed by atoms with Crippen molar-refractivity contribution in [2.75, 3.05) is 18.0 Å². The molecule has 2 aromatic rings. The average Bonchev–Trinajstić information content (AvgIpc) is 3.59. The van der Waals surface area contributed by atoms with Crippen molar-refractivity contribution >= 4 is 50.9 Å². The van der Waals surface area contributed by atoms with Gasteiger partial charge in [0.1, 0.15) is 11.8 Å². The zero-order chi connectivity index (χ0) is 25.3. The first-order chi connectivity index (χ1) is 17.3. The third-order valence-corrected chi connectivity index (χ3v) is 9.74. The number of imidazole rings is 1. The molecule has 6 N–H and O–H groups in total. The molecule has 2 saturated heterocycles. The van der Waals surface area contributed by atoms with Gasteiger partial charge in [-0.05, 0) is 38.0 Å². The maximum atomic E-state index is 12.4. The molecule has 2 aliphatic heterocycles. The van der Waals surface area contributed by atoms with E-state index in [4.69, 9.17) is 5.73 Å². The van der Waals surface area contributed by atoms with E-state index in [1.807, 2.05) is 16.3 Å². The van der Waals surface area contributed by atoms with Crippen LogP contribution in [0.15, 0.2) is 12.7 Å². The minimum Gasteiger partial charge on any atom is -0.382 e. The number of amides is 3. The van der Waals surface area contributed by atoms with E-state index in [-0.39, 0.29) is 43.0 Å². The van der Waals surface area contributed by atoms with Gasteiger partial charge in [0.05, 0.1) is 18.4 Å². The molecular formula is C21H31N9O4S2. The molecule has 0 spiro atoms. The number of urea groups is 1. The van der Waals surface area contributed by atoms with E-state index in [0.29, 0.717) is 28.7 Å². The Labute approximate surface area is 213 Å². The minimum absolute atomic E-state index is 0.115. The molecule has 4 heterocycles. The normalized spacial score (nSPS) is 27.7. The van der Waals surface area contributed by atoms with E-state index in [2.05, 4.69) is 35.0 Å². The van der Waals surface area contributed by atoms with Crippen molar-refractivity contribution < 1.29 is 18.0 Å². The number of carbonyl (C=O) groups excluding carboxylic acids is 2. The fourth-order valence-electron chi connectivity index (χ4n) is 5.36. The van der Waals surface area contributed by atoms with Crippen LogP contribution in [0, 0.1) is 5.92 Å². The standard InChI is InChI=1S/C21H31N9O4S2/c22-19-18-20(24-10-23-19)30(11-25-18)13-6-5-12(7-13)8-26-36(33,34)29-16(31)4-2-1-3-15-17-14(9-35-15)27-21(32)28-17/h10-15,17,26H,1-9H2,(H,29,31)(H2,22,23,24)(H2,27,28,32)/t12-,13+,14+,15+,17+/m1/s1. The molecule has 1 saturated carbocycles. The molecule has 196 valence electrons. The summed E-state index contributed by atoms with van der Waals surface area (Å²) in [6, 6.07) is 0.342. The Morgan fingerprint density at radius 2 is 2.08 bits per heavy atom. The minimum atomic E-state index is -3.92. The maximum absolute atomic E-state index is 12.4. The van der Waals surface area contributed by atoms with Gasteiger partial charge in [-0.3, -0.25) is 4.79 Å². The molecular weight excluding hydrogens is 506 g/mol. The summed E-state index contributed by atoms with van der Waals surface area (Å²) in [7, 11) is -3.92. The Hall–Kier alpha value is -2.65. The molecule has 3 amide bonds. The van der Waals surface area contributed by atoms with E-state index in [0.717, 1.165) is 37.9 Å². The van der Waals surface area contributed by atoms with Gasteiger partial charge in [-0.2, -0.15) is 24.9 Å². The summed E-state index contributed by atoms with van der Waals surface area (Å²) < 4.78 is 31.4. The van der Waals surface area contributed by atoms with Crippen molar-refractivity contribution in [1.82, 2.24) is 39.6 Å². The molecule has 0 radical (unpaired) electrons. The highest BCUT2D eigenvalue weighted by molar-refractivity contribution is 8.00. The molecule has 0 bridgehead atoms. The number of hydrogen-bond acceptors (Lipinski definition) is 9. The number of nitrogen functional groups attached to an aromatic ring is 1. The lowest BCUT2D eigenvalue weighted by Crippen LogP contribution is -2.41. The number of nitrogens with zero attached hydrogens (tertiary/aromatic N) is 4. The number of nitrogens with one attached hydrogen (secondary N) is 4. The van der Waals surface area contributed by atoms with Crippen molar-refractivity contribution in [3.63, 3.8) is 0 Å². The van der Waals surface area contributed by atoms with Gasteiger partial charge in [-0.25, -0.2) is 24.5 Å². The number of fused-ring (bicyclic) bond motifs is 2. The number of hydrogen-bond donors (Lipinski definition) is 5. The van der Waals surface area contributed by atoms with E-state index in [1.54, 1.807) is 6.33 Å². The summed E-state index contributed by atoms with van der Waals surface area (Å²) in [5.41, 5.74) is 7.11. The Bertz CT molecular complexity index is 1240. The number of carbonyl (C=O) groups is 2. The summed E-state index contributed by atoms with van der Waals surface area (Å²) in [5, 5.41) is 6.18. The van der Waals surface area contributed by atoms with E-state index >= 15 is 0 Å². The first-order valence-electron chi connectivity index (χ1n) is 12.2. The fourth-order valence-corrected chi connectivity index (χ4v) is 7.84. The number of rotatable bonds is 10. The number of thioether (sulfide) groups is 1. The van der Waals surface area contributed by atoms with E-state index in [9.17, 15) is 18.0 Å². The van der Waals surface area contributed by atoms with E-state index in [1.165, 1.54) is 6.33 Å². The Balaban J connectivity index is 1.02. The highest BCUT2D eigenvalue weighted by atomic mass is 32.2. The Morgan fingerprint density at radius 3 is 2.94 bits per heavy atom. The molecule has 5 atom stereocenters. The van der Waals surface area contributed by atoms with Gasteiger partial charge in [0.2, 0.25) is 5.91 Å². The van der Waals surface area contributed by atoms with Crippen LogP contribution in [0.2, 0.25) is 0 Å². The quantitative estimate of drug-likeness (QED) is 0.212. The van der Waals surface area contributed by atoms with Gasteiger partial charge in [-0.1, -0.05) is 6.42 Å². The highest BCUT2D eigenvalue weighted by Gasteiger charge is 2.42. The molecule has 15 heteroatoms. The van der Waals surface area contributed by atoms with Gasteiger partial charge in [0.25, 0.3) is 0 Å². The van der Waals surface area contributed by atoms with Crippen LogP contribution in [-0.2, 0) is 15.0 Å². The summed E-state index contributed by atoms with van der Waals surface area (Å²) in [6.07, 6.45) is 8.00. The molecule has 13 nitrogen and oxygen atoms in total. The second-order valence-electron chi connectivity index (χ2n) is 9.66. The second-order valence-corrected chi connectivity index (χ2v) is 12.4. The fraction of sp³-hybridized carbons (Fsp3) is 0.667. The number of aromatic nitrogens is 4. The summed E-state index contributed by atoms with van der Waals surface area (Å²) in [5.74, 6) is 0.850. The zero-order valence-corrected chi connectivity index (χ0v) is 21.4. The topological polar surface area (TPSA) is 186 Å². The van der Waals surface area contributed by atoms with Crippen molar-refractivity contribution in [3.8, 4) is 0 Å². The van der Waals surface area contributed by atoms with Crippen LogP contribution in [0.1, 0.15) is 51.0 Å². The second kappa shape index (κ2) is 10.4. The monoisotopic (exact) mass is 537 g/mol. The van der Waals surface area contributed by atoms with Crippen LogP contribution >= 0.6 is 11.8 Å². The van der Waals surface area contributed by atoms with Gasteiger partial charge in [0, 0.05) is 30.0 Å². The van der Waals surface area contributed by atoms with Crippen LogP contribution in [0.25, 0.3) is 11.2 Å². The molecule has 3 fully saturated rings. The SMILES string of the molecule is Nc1ncnc2c1ncn2[C@H]1CC[C@@H](CNS(=O)(=O)NC(=O)CCCC[C@@H]2SC[C@@H]3NC(=O)N[C@@H]32)C1. The lowest BCUT2D eigenvalue weighted by atomic mass is 10.0. The lowest BCUT2D eigenvalue weighted by Gasteiger charge is -2.16. The molecule has 0 aromatic carbocycles. The molecule has 0 unspecified atom stereocenters. The van der Waals surface area contributed by atoms with Crippen LogP contribution < -0.4 is 25.8 Å². The van der Waals surface area contributed by atoms with Gasteiger partial charge >= 0.3 is 16.2 Å².